The lowest BCUT2D eigenvalue weighted by Crippen LogP contribution is -2.44. The third-order valence-electron chi connectivity index (χ3n) is 2.27. The Kier molecular flexibility index (Phi) is 4.26. The Morgan fingerprint density at radius 3 is 2.38 bits per heavy atom. The first-order chi connectivity index (χ1) is 7.41. The molecule has 0 heterocycles. The number of esters is 1. The third-order valence-corrected chi connectivity index (χ3v) is 4.14. The topological polar surface area (TPSA) is 46.5 Å². The van der Waals surface area contributed by atoms with Crippen molar-refractivity contribution in [2.75, 3.05) is 0 Å². The van der Waals surface area contributed by atoms with Crippen LogP contribution < -0.4 is 0 Å². The van der Waals surface area contributed by atoms with Crippen LogP contribution in [0.3, 0.4) is 0 Å². The highest BCUT2D eigenvalue weighted by Gasteiger charge is 2.32. The van der Waals surface area contributed by atoms with Crippen molar-refractivity contribution < 1.29 is 14.6 Å². The van der Waals surface area contributed by atoms with Crippen LogP contribution in [0.4, 0.5) is 0 Å². The highest BCUT2D eigenvalue weighted by Crippen LogP contribution is 2.10. The van der Waals surface area contributed by atoms with E-state index in [1.165, 1.54) is 0 Å². The smallest absolute Gasteiger partial charge is 0.331 e. The molecule has 0 aromatic heterocycles. The number of hydrogen-bond donors (Lipinski definition) is 1. The average Bonchev–Trinajstić information content (AvgIpc) is 2.25. The molecule has 0 radical (unpaired) electrons. The Balaban J connectivity index is 2.48. The van der Waals surface area contributed by atoms with E-state index in [1.807, 2.05) is 50.0 Å². The minimum absolute atomic E-state index is 0.223. The summed E-state index contributed by atoms with van der Waals surface area (Å²) in [5.41, 5.74) is -0.0187. The molecule has 0 aliphatic heterocycles. The van der Waals surface area contributed by atoms with Gasteiger partial charge in [-0.15, -0.1) is 0 Å². The molecule has 1 rings (SSSR count). The van der Waals surface area contributed by atoms with Gasteiger partial charge in [0.15, 0.2) is 0 Å². The lowest BCUT2D eigenvalue weighted by Gasteiger charge is -2.21. The van der Waals surface area contributed by atoms with Gasteiger partial charge in [0.1, 0.15) is 12.3 Å². The molecule has 0 fully saturated rings. The Morgan fingerprint density at radius 2 is 1.88 bits per heavy atom. The molecule has 4 heteroatoms. The number of carbonyl (C=O) groups is 1. The van der Waals surface area contributed by atoms with E-state index in [1.54, 1.807) is 0 Å². The minimum Gasteiger partial charge on any atom is -0.459 e. The van der Waals surface area contributed by atoms with Crippen LogP contribution in [0.2, 0.25) is 19.6 Å². The van der Waals surface area contributed by atoms with Gasteiger partial charge in [-0.3, -0.25) is 0 Å². The summed E-state index contributed by atoms with van der Waals surface area (Å²) in [5, 5.41) is 9.72. The van der Waals surface area contributed by atoms with Crippen molar-refractivity contribution in [3.8, 4) is 0 Å². The van der Waals surface area contributed by atoms with Crippen molar-refractivity contribution in [1.82, 2.24) is 0 Å². The summed E-state index contributed by atoms with van der Waals surface area (Å²) in [4.78, 5) is 11.5. The largest absolute Gasteiger partial charge is 0.459 e. The summed E-state index contributed by atoms with van der Waals surface area (Å²) in [6.45, 7) is 6.02. The van der Waals surface area contributed by atoms with Gasteiger partial charge in [-0.05, 0) is 5.56 Å². The Morgan fingerprint density at radius 1 is 1.31 bits per heavy atom. The SMILES string of the molecule is C[Si](C)(C)C(O)C(=O)OCc1ccccc1. The first kappa shape index (κ1) is 12.9. The van der Waals surface area contributed by atoms with Crippen LogP contribution >= 0.6 is 0 Å². The normalized spacial score (nSPS) is 13.2. The molecule has 0 spiro atoms. The molecule has 1 aromatic carbocycles. The number of carbonyl (C=O) groups excluding carboxylic acids is 1. The number of rotatable bonds is 4. The number of benzene rings is 1. The summed E-state index contributed by atoms with van der Waals surface area (Å²) >= 11 is 0. The van der Waals surface area contributed by atoms with E-state index in [9.17, 15) is 9.90 Å². The summed E-state index contributed by atoms with van der Waals surface area (Å²) < 4.78 is 5.06. The zero-order chi connectivity index (χ0) is 12.2. The standard InChI is InChI=1S/C12H18O3Si/c1-16(2,3)12(14)11(13)15-9-10-7-5-4-6-8-10/h4-8,12,14H,9H2,1-3H3. The van der Waals surface area contributed by atoms with Crippen molar-refractivity contribution in [3.05, 3.63) is 35.9 Å². The van der Waals surface area contributed by atoms with Crippen LogP contribution in [0.5, 0.6) is 0 Å². The fourth-order valence-electron chi connectivity index (χ4n) is 1.16. The Bertz CT molecular complexity index is 343. The molecule has 1 unspecified atom stereocenters. The molecule has 16 heavy (non-hydrogen) atoms. The zero-order valence-corrected chi connectivity index (χ0v) is 10.9. The first-order valence-electron chi connectivity index (χ1n) is 5.30. The van der Waals surface area contributed by atoms with Gasteiger partial charge in [0.2, 0.25) is 0 Å². The Labute approximate surface area is 97.1 Å². The maximum absolute atomic E-state index is 11.5. The molecule has 0 bridgehead atoms. The fraction of sp³-hybridized carbons (Fsp3) is 0.417. The van der Waals surface area contributed by atoms with E-state index in [0.29, 0.717) is 0 Å². The number of hydrogen-bond acceptors (Lipinski definition) is 3. The second kappa shape index (κ2) is 5.27. The van der Waals surface area contributed by atoms with Crippen molar-refractivity contribution in [1.29, 1.82) is 0 Å². The maximum atomic E-state index is 11.5. The van der Waals surface area contributed by atoms with Gasteiger partial charge in [0, 0.05) is 0 Å². The van der Waals surface area contributed by atoms with E-state index in [0.717, 1.165) is 5.56 Å². The molecule has 1 aromatic rings. The van der Waals surface area contributed by atoms with E-state index < -0.39 is 19.8 Å². The molecule has 0 saturated carbocycles. The maximum Gasteiger partial charge on any atom is 0.331 e. The monoisotopic (exact) mass is 238 g/mol. The molecule has 0 aliphatic rings. The second-order valence-corrected chi connectivity index (χ2v) is 10.1. The molecule has 0 aliphatic carbocycles. The second-order valence-electron chi connectivity index (χ2n) is 4.86. The molecule has 88 valence electrons. The molecular weight excluding hydrogens is 220 g/mol. The van der Waals surface area contributed by atoms with E-state index in [-0.39, 0.29) is 6.61 Å². The van der Waals surface area contributed by atoms with Gasteiger partial charge < -0.3 is 9.84 Å². The fourth-order valence-corrected chi connectivity index (χ4v) is 1.95. The average molecular weight is 238 g/mol. The summed E-state index contributed by atoms with van der Waals surface area (Å²) in [6, 6.07) is 9.45. The molecule has 1 N–H and O–H groups in total. The van der Waals surface area contributed by atoms with Crippen LogP contribution in [0.1, 0.15) is 5.56 Å². The lowest BCUT2D eigenvalue weighted by molar-refractivity contribution is -0.151. The predicted molar refractivity (Wildman–Crippen MR) is 65.6 cm³/mol. The zero-order valence-electron chi connectivity index (χ0n) is 9.93. The van der Waals surface area contributed by atoms with E-state index in [4.69, 9.17) is 4.74 Å². The van der Waals surface area contributed by atoms with Gasteiger partial charge in [-0.1, -0.05) is 50.0 Å². The van der Waals surface area contributed by atoms with Crippen LogP contribution in [0.25, 0.3) is 0 Å². The minimum atomic E-state index is -1.88. The highest BCUT2D eigenvalue weighted by atomic mass is 28.3. The molecule has 0 saturated heterocycles. The van der Waals surface area contributed by atoms with Crippen LogP contribution in [0, 0.1) is 0 Å². The summed E-state index contributed by atoms with van der Waals surface area (Å²) in [7, 11) is -1.88. The number of aliphatic hydroxyl groups is 1. The number of ether oxygens (including phenoxy) is 1. The summed E-state index contributed by atoms with van der Waals surface area (Å²) in [6.07, 6.45) is 0. The van der Waals surface area contributed by atoms with E-state index >= 15 is 0 Å². The quantitative estimate of drug-likeness (QED) is 0.644. The molecule has 1 atom stereocenters. The van der Waals surface area contributed by atoms with Crippen molar-refractivity contribution >= 4 is 14.0 Å². The third kappa shape index (κ3) is 3.79. The lowest BCUT2D eigenvalue weighted by atomic mass is 10.2. The van der Waals surface area contributed by atoms with Crippen molar-refractivity contribution in [2.24, 2.45) is 0 Å². The Hall–Kier alpha value is -1.13. The van der Waals surface area contributed by atoms with Gasteiger partial charge in [0.25, 0.3) is 0 Å². The highest BCUT2D eigenvalue weighted by molar-refractivity contribution is 6.80. The molecule has 3 nitrogen and oxygen atoms in total. The van der Waals surface area contributed by atoms with Crippen LogP contribution in [-0.2, 0) is 16.1 Å². The van der Waals surface area contributed by atoms with Gasteiger partial charge in [-0.2, -0.15) is 0 Å². The van der Waals surface area contributed by atoms with Crippen LogP contribution in [-0.4, -0.2) is 24.9 Å². The van der Waals surface area contributed by atoms with Gasteiger partial charge in [0.05, 0.1) is 8.07 Å². The number of aliphatic hydroxyl groups excluding tert-OH is 1. The molecular formula is C12H18O3Si. The van der Waals surface area contributed by atoms with Crippen molar-refractivity contribution in [2.45, 2.75) is 32.0 Å². The molecule has 0 amide bonds. The first-order valence-corrected chi connectivity index (χ1v) is 8.87. The van der Waals surface area contributed by atoms with Crippen molar-refractivity contribution in [3.63, 3.8) is 0 Å². The van der Waals surface area contributed by atoms with Crippen LogP contribution in [0.15, 0.2) is 30.3 Å². The predicted octanol–water partition coefficient (Wildman–Crippen LogP) is 1.97. The van der Waals surface area contributed by atoms with E-state index in [2.05, 4.69) is 0 Å². The van der Waals surface area contributed by atoms with Gasteiger partial charge >= 0.3 is 5.97 Å². The summed E-state index contributed by atoms with van der Waals surface area (Å²) in [5.74, 6) is -0.511. The van der Waals surface area contributed by atoms with Gasteiger partial charge in [-0.25, -0.2) is 4.79 Å².